The molecule has 2 saturated carbocycles. The maximum atomic E-state index is 11.7. The Morgan fingerprint density at radius 2 is 1.94 bits per heavy atom. The highest BCUT2D eigenvalue weighted by molar-refractivity contribution is 5.71. The van der Waals surface area contributed by atoms with Crippen molar-refractivity contribution in [3.05, 3.63) is 23.5 Å². The number of carboxylic acid groups (broad SMARTS) is 1. The van der Waals surface area contributed by atoms with Gasteiger partial charge in [-0.25, -0.2) is 0 Å². The molecule has 4 atom stereocenters. The predicted molar refractivity (Wildman–Crippen MR) is 69.5 cm³/mol. The third kappa shape index (κ3) is 1.60. The van der Waals surface area contributed by atoms with Crippen LogP contribution in [0.5, 0.6) is 0 Å². The van der Waals surface area contributed by atoms with Crippen molar-refractivity contribution in [1.82, 2.24) is 4.57 Å². The average molecular weight is 247 g/mol. The van der Waals surface area contributed by atoms with Crippen molar-refractivity contribution < 1.29 is 9.90 Å². The van der Waals surface area contributed by atoms with E-state index in [1.165, 1.54) is 24.2 Å². The number of carbonyl (C=O) groups is 1. The molecule has 0 aromatic carbocycles. The fraction of sp³-hybridized carbons (Fsp3) is 0.667. The van der Waals surface area contributed by atoms with E-state index in [1.54, 1.807) is 0 Å². The molecule has 1 heterocycles. The second kappa shape index (κ2) is 4.15. The predicted octanol–water partition coefficient (Wildman–Crippen LogP) is 3.17. The van der Waals surface area contributed by atoms with Crippen LogP contribution < -0.4 is 0 Å². The van der Waals surface area contributed by atoms with E-state index >= 15 is 0 Å². The van der Waals surface area contributed by atoms with Gasteiger partial charge in [-0.05, 0) is 50.7 Å². The highest BCUT2D eigenvalue weighted by atomic mass is 16.4. The van der Waals surface area contributed by atoms with Crippen LogP contribution >= 0.6 is 0 Å². The second-order valence-corrected chi connectivity index (χ2v) is 6.01. The van der Waals surface area contributed by atoms with Gasteiger partial charge in [0.1, 0.15) is 0 Å². The van der Waals surface area contributed by atoms with Gasteiger partial charge in [0.2, 0.25) is 0 Å². The maximum Gasteiger partial charge on any atom is 0.308 e. The molecule has 3 rings (SSSR count). The maximum absolute atomic E-state index is 11.7. The lowest BCUT2D eigenvalue weighted by Crippen LogP contribution is -2.27. The van der Waals surface area contributed by atoms with Gasteiger partial charge >= 0.3 is 5.97 Å². The van der Waals surface area contributed by atoms with Crippen LogP contribution in [0.4, 0.5) is 0 Å². The number of hydrogen-bond donors (Lipinski definition) is 1. The summed E-state index contributed by atoms with van der Waals surface area (Å²) >= 11 is 0. The third-order valence-electron chi connectivity index (χ3n) is 5.08. The number of aliphatic carboxylic acids is 1. The standard InChI is InChI=1S/C15H21NO2/c1-9-6-7-10(2)16(9)13-8-11-4-3-5-12(11)14(13)15(17)18/h6-7,11-14H,3-5,8H2,1-2H3,(H,17,18)/t11?,12?,13?,14-/m1/s1. The van der Waals surface area contributed by atoms with Crippen LogP contribution in [0.15, 0.2) is 12.1 Å². The first-order chi connectivity index (χ1) is 8.59. The van der Waals surface area contributed by atoms with E-state index in [0.29, 0.717) is 11.8 Å². The van der Waals surface area contributed by atoms with E-state index in [-0.39, 0.29) is 12.0 Å². The summed E-state index contributed by atoms with van der Waals surface area (Å²) in [5.74, 6) is 0.273. The van der Waals surface area contributed by atoms with Crippen LogP contribution in [0.3, 0.4) is 0 Å². The molecule has 1 N–H and O–H groups in total. The fourth-order valence-corrected chi connectivity index (χ4v) is 4.39. The molecular formula is C15H21NO2. The van der Waals surface area contributed by atoms with Crippen molar-refractivity contribution in [2.24, 2.45) is 17.8 Å². The summed E-state index contributed by atoms with van der Waals surface area (Å²) in [7, 11) is 0. The smallest absolute Gasteiger partial charge is 0.308 e. The van der Waals surface area contributed by atoms with Crippen LogP contribution in [-0.4, -0.2) is 15.6 Å². The number of aromatic nitrogens is 1. The molecule has 0 saturated heterocycles. The molecule has 18 heavy (non-hydrogen) atoms. The van der Waals surface area contributed by atoms with Crippen LogP contribution in [-0.2, 0) is 4.79 Å². The van der Waals surface area contributed by atoms with Gasteiger partial charge in [-0.2, -0.15) is 0 Å². The normalized spacial score (nSPS) is 34.8. The lowest BCUT2D eigenvalue weighted by molar-refractivity contribution is -0.144. The Hall–Kier alpha value is -1.25. The molecule has 2 aliphatic rings. The minimum atomic E-state index is -0.595. The Morgan fingerprint density at radius 1 is 1.28 bits per heavy atom. The lowest BCUT2D eigenvalue weighted by atomic mass is 9.90. The van der Waals surface area contributed by atoms with Gasteiger partial charge < -0.3 is 9.67 Å². The number of hydrogen-bond acceptors (Lipinski definition) is 1. The van der Waals surface area contributed by atoms with Crippen molar-refractivity contribution >= 4 is 5.97 Å². The summed E-state index contributed by atoms with van der Waals surface area (Å²) in [5, 5.41) is 9.60. The number of nitrogens with zero attached hydrogens (tertiary/aromatic N) is 1. The molecule has 0 aliphatic heterocycles. The quantitative estimate of drug-likeness (QED) is 0.872. The van der Waals surface area contributed by atoms with Gasteiger partial charge in [-0.3, -0.25) is 4.79 Å². The Labute approximate surface area is 108 Å². The fourth-order valence-electron chi connectivity index (χ4n) is 4.39. The first-order valence-corrected chi connectivity index (χ1v) is 6.97. The number of carboxylic acids is 1. The minimum absolute atomic E-state index is 0.174. The summed E-state index contributed by atoms with van der Waals surface area (Å²) in [6.45, 7) is 4.17. The van der Waals surface area contributed by atoms with Gasteiger partial charge in [-0.15, -0.1) is 0 Å². The van der Waals surface area contributed by atoms with E-state index in [9.17, 15) is 9.90 Å². The SMILES string of the molecule is Cc1ccc(C)n1C1CC2CCCC2[C@H]1C(=O)O. The summed E-state index contributed by atoms with van der Waals surface area (Å²) in [6.07, 6.45) is 4.61. The van der Waals surface area contributed by atoms with E-state index in [4.69, 9.17) is 0 Å². The van der Waals surface area contributed by atoms with Crippen LogP contribution in [0.2, 0.25) is 0 Å². The first-order valence-electron chi connectivity index (χ1n) is 6.97. The summed E-state index contributed by atoms with van der Waals surface area (Å²) < 4.78 is 2.26. The van der Waals surface area contributed by atoms with E-state index < -0.39 is 5.97 Å². The molecule has 3 unspecified atom stereocenters. The van der Waals surface area contributed by atoms with Crippen LogP contribution in [0.1, 0.15) is 43.1 Å². The summed E-state index contributed by atoms with van der Waals surface area (Å²) in [4.78, 5) is 11.7. The first kappa shape index (κ1) is 11.8. The Morgan fingerprint density at radius 3 is 2.56 bits per heavy atom. The van der Waals surface area contributed by atoms with Gasteiger partial charge in [0.25, 0.3) is 0 Å². The highest BCUT2D eigenvalue weighted by Gasteiger charge is 2.49. The zero-order valence-electron chi connectivity index (χ0n) is 11.1. The topological polar surface area (TPSA) is 42.2 Å². The van der Waals surface area contributed by atoms with E-state index in [0.717, 1.165) is 12.8 Å². The third-order valence-corrected chi connectivity index (χ3v) is 5.08. The Balaban J connectivity index is 1.99. The van der Waals surface area contributed by atoms with Crippen molar-refractivity contribution in [3.63, 3.8) is 0 Å². The Bertz CT molecular complexity index is 457. The monoisotopic (exact) mass is 247 g/mol. The molecule has 0 radical (unpaired) electrons. The summed E-state index contributed by atoms with van der Waals surface area (Å²) in [6, 6.07) is 4.37. The Kier molecular flexibility index (Phi) is 2.72. The molecule has 0 spiro atoms. The largest absolute Gasteiger partial charge is 0.481 e. The van der Waals surface area contributed by atoms with E-state index in [1.807, 2.05) is 0 Å². The van der Waals surface area contributed by atoms with Gasteiger partial charge in [-0.1, -0.05) is 12.8 Å². The van der Waals surface area contributed by atoms with Crippen molar-refractivity contribution in [2.75, 3.05) is 0 Å². The molecule has 3 heteroatoms. The van der Waals surface area contributed by atoms with Crippen molar-refractivity contribution in [1.29, 1.82) is 0 Å². The molecule has 2 fully saturated rings. The molecule has 2 aliphatic carbocycles. The number of aryl methyl sites for hydroxylation is 2. The van der Waals surface area contributed by atoms with E-state index in [2.05, 4.69) is 30.5 Å². The van der Waals surface area contributed by atoms with Gasteiger partial charge in [0.15, 0.2) is 0 Å². The van der Waals surface area contributed by atoms with Crippen LogP contribution in [0.25, 0.3) is 0 Å². The lowest BCUT2D eigenvalue weighted by Gasteiger charge is -2.24. The van der Waals surface area contributed by atoms with Crippen LogP contribution in [0, 0.1) is 31.6 Å². The second-order valence-electron chi connectivity index (χ2n) is 6.01. The van der Waals surface area contributed by atoms with Gasteiger partial charge in [0, 0.05) is 17.4 Å². The number of fused-ring (bicyclic) bond motifs is 1. The average Bonchev–Trinajstić information content (AvgIpc) is 2.92. The van der Waals surface area contributed by atoms with Crippen molar-refractivity contribution in [2.45, 2.75) is 45.6 Å². The molecule has 98 valence electrons. The molecular weight excluding hydrogens is 226 g/mol. The highest BCUT2D eigenvalue weighted by Crippen LogP contribution is 2.53. The molecule has 1 aromatic heterocycles. The molecule has 0 amide bonds. The van der Waals surface area contributed by atoms with Crippen molar-refractivity contribution in [3.8, 4) is 0 Å². The molecule has 3 nitrogen and oxygen atoms in total. The zero-order valence-corrected chi connectivity index (χ0v) is 11.1. The van der Waals surface area contributed by atoms with Gasteiger partial charge in [0.05, 0.1) is 5.92 Å². The minimum Gasteiger partial charge on any atom is -0.481 e. The number of rotatable bonds is 2. The zero-order chi connectivity index (χ0) is 12.9. The molecule has 1 aromatic rings. The summed E-state index contributed by atoms with van der Waals surface area (Å²) in [5.41, 5.74) is 2.40. The molecule has 0 bridgehead atoms.